The third-order valence-corrected chi connectivity index (χ3v) is 6.00. The highest BCUT2D eigenvalue weighted by Crippen LogP contribution is 2.33. The Morgan fingerprint density at radius 1 is 1.20 bits per heavy atom. The number of amides is 2. The van der Waals surface area contributed by atoms with Gasteiger partial charge < -0.3 is 25.6 Å². The second kappa shape index (κ2) is 8.20. The Morgan fingerprint density at radius 3 is 2.70 bits per heavy atom. The SMILES string of the molecule is CCNC(=O)Nc1ccc(-c2nc3c(c(N4CC5CCC(C4)O5)n2)CCNC3)cc1. The minimum Gasteiger partial charge on any atom is -0.371 e. The van der Waals surface area contributed by atoms with Gasteiger partial charge >= 0.3 is 6.03 Å². The van der Waals surface area contributed by atoms with E-state index in [1.54, 1.807) is 0 Å². The average Bonchev–Trinajstić information content (AvgIpc) is 3.11. The van der Waals surface area contributed by atoms with Crippen LogP contribution in [0.25, 0.3) is 11.4 Å². The molecule has 3 aliphatic heterocycles. The maximum atomic E-state index is 11.7. The summed E-state index contributed by atoms with van der Waals surface area (Å²) in [5.74, 6) is 1.80. The molecular formula is C22H28N6O2. The number of urea groups is 1. The first-order valence-corrected chi connectivity index (χ1v) is 10.9. The normalized spacial score (nSPS) is 22.5. The highest BCUT2D eigenvalue weighted by Gasteiger charge is 2.35. The number of hydrogen-bond donors (Lipinski definition) is 3. The van der Waals surface area contributed by atoms with Crippen LogP contribution in [0.5, 0.6) is 0 Å². The zero-order valence-corrected chi connectivity index (χ0v) is 17.3. The van der Waals surface area contributed by atoms with Gasteiger partial charge in [0.15, 0.2) is 5.82 Å². The minimum absolute atomic E-state index is 0.203. The van der Waals surface area contributed by atoms with Gasteiger partial charge in [-0.1, -0.05) is 0 Å². The Balaban J connectivity index is 1.45. The molecule has 2 bridgehead atoms. The maximum Gasteiger partial charge on any atom is 0.319 e. The average molecular weight is 409 g/mol. The van der Waals surface area contributed by atoms with E-state index < -0.39 is 0 Å². The van der Waals surface area contributed by atoms with Crippen molar-refractivity contribution in [3.05, 3.63) is 35.5 Å². The van der Waals surface area contributed by atoms with Crippen molar-refractivity contribution in [2.24, 2.45) is 0 Å². The van der Waals surface area contributed by atoms with Crippen LogP contribution in [0.2, 0.25) is 0 Å². The summed E-state index contributed by atoms with van der Waals surface area (Å²) in [5.41, 5.74) is 4.05. The number of aromatic nitrogens is 2. The number of rotatable bonds is 4. The lowest BCUT2D eigenvalue weighted by Gasteiger charge is -2.35. The first kappa shape index (κ1) is 19.3. The van der Waals surface area contributed by atoms with Crippen LogP contribution in [0.4, 0.5) is 16.3 Å². The van der Waals surface area contributed by atoms with Crippen molar-refractivity contribution < 1.29 is 9.53 Å². The summed E-state index contributed by atoms with van der Waals surface area (Å²) in [6.45, 7) is 6.02. The molecule has 4 heterocycles. The summed E-state index contributed by atoms with van der Waals surface area (Å²) in [5, 5.41) is 9.00. The molecule has 0 aliphatic carbocycles. The van der Waals surface area contributed by atoms with Gasteiger partial charge in [-0.2, -0.15) is 0 Å². The van der Waals surface area contributed by atoms with Gasteiger partial charge in [0.05, 0.1) is 17.9 Å². The number of benzene rings is 1. The van der Waals surface area contributed by atoms with E-state index in [1.807, 2.05) is 31.2 Å². The topological polar surface area (TPSA) is 91.4 Å². The molecule has 1 aromatic carbocycles. The van der Waals surface area contributed by atoms with Crippen molar-refractivity contribution in [3.8, 4) is 11.4 Å². The molecule has 2 saturated heterocycles. The van der Waals surface area contributed by atoms with Crippen molar-refractivity contribution in [2.75, 3.05) is 36.4 Å². The van der Waals surface area contributed by atoms with Crippen molar-refractivity contribution in [1.82, 2.24) is 20.6 Å². The van der Waals surface area contributed by atoms with E-state index in [1.165, 1.54) is 5.56 Å². The van der Waals surface area contributed by atoms with Crippen LogP contribution in [0.3, 0.4) is 0 Å². The van der Waals surface area contributed by atoms with Gasteiger partial charge in [-0.25, -0.2) is 14.8 Å². The molecule has 3 N–H and O–H groups in total. The van der Waals surface area contributed by atoms with Crippen LogP contribution < -0.4 is 20.9 Å². The number of carbonyl (C=O) groups is 1. The lowest BCUT2D eigenvalue weighted by Crippen LogP contribution is -2.44. The molecule has 0 radical (unpaired) electrons. The fourth-order valence-corrected chi connectivity index (χ4v) is 4.56. The lowest BCUT2D eigenvalue weighted by molar-refractivity contribution is 0.0301. The van der Waals surface area contributed by atoms with Crippen molar-refractivity contribution in [3.63, 3.8) is 0 Å². The molecule has 2 amide bonds. The fourth-order valence-electron chi connectivity index (χ4n) is 4.56. The lowest BCUT2D eigenvalue weighted by atomic mass is 10.0. The monoisotopic (exact) mass is 408 g/mol. The molecule has 8 nitrogen and oxygen atoms in total. The molecular weight excluding hydrogens is 380 g/mol. The Kier molecular flexibility index (Phi) is 5.26. The van der Waals surface area contributed by atoms with Crippen LogP contribution in [-0.2, 0) is 17.7 Å². The van der Waals surface area contributed by atoms with Crippen LogP contribution in [0.15, 0.2) is 24.3 Å². The predicted molar refractivity (Wildman–Crippen MR) is 116 cm³/mol. The van der Waals surface area contributed by atoms with Crippen molar-refractivity contribution >= 4 is 17.5 Å². The highest BCUT2D eigenvalue weighted by atomic mass is 16.5. The van der Waals surface area contributed by atoms with Crippen LogP contribution in [0, 0.1) is 0 Å². The summed E-state index contributed by atoms with van der Waals surface area (Å²) in [4.78, 5) is 24.1. The van der Waals surface area contributed by atoms with Crippen LogP contribution >= 0.6 is 0 Å². The van der Waals surface area contributed by atoms with Crippen molar-refractivity contribution in [1.29, 1.82) is 0 Å². The second-order valence-corrected chi connectivity index (χ2v) is 8.15. The number of fused-ring (bicyclic) bond motifs is 3. The molecule has 1 aromatic heterocycles. The number of morpholine rings is 1. The van der Waals surface area contributed by atoms with Crippen LogP contribution in [-0.4, -0.2) is 54.4 Å². The van der Waals surface area contributed by atoms with Gasteiger partial charge in [-0.3, -0.25) is 0 Å². The molecule has 5 rings (SSSR count). The first-order chi connectivity index (χ1) is 14.7. The minimum atomic E-state index is -0.203. The zero-order chi connectivity index (χ0) is 20.5. The zero-order valence-electron chi connectivity index (χ0n) is 17.3. The van der Waals surface area contributed by atoms with Gasteiger partial charge in [-0.15, -0.1) is 0 Å². The number of hydrogen-bond acceptors (Lipinski definition) is 6. The van der Waals surface area contributed by atoms with E-state index in [4.69, 9.17) is 14.7 Å². The number of nitrogens with one attached hydrogen (secondary N) is 3. The number of ether oxygens (including phenoxy) is 1. The quantitative estimate of drug-likeness (QED) is 0.719. The molecule has 2 aromatic rings. The highest BCUT2D eigenvalue weighted by molar-refractivity contribution is 5.89. The molecule has 30 heavy (non-hydrogen) atoms. The van der Waals surface area contributed by atoms with E-state index in [0.29, 0.717) is 18.8 Å². The summed E-state index contributed by atoms with van der Waals surface area (Å²) in [6, 6.07) is 7.50. The first-order valence-electron chi connectivity index (χ1n) is 10.9. The summed E-state index contributed by atoms with van der Waals surface area (Å²) in [7, 11) is 0. The third-order valence-electron chi connectivity index (χ3n) is 6.00. The van der Waals surface area contributed by atoms with Gasteiger partial charge in [0.1, 0.15) is 5.82 Å². The van der Waals surface area contributed by atoms with E-state index in [-0.39, 0.29) is 6.03 Å². The predicted octanol–water partition coefficient (Wildman–Crippen LogP) is 2.30. The molecule has 2 fully saturated rings. The fraction of sp³-hybridized carbons (Fsp3) is 0.500. The molecule has 2 atom stereocenters. The molecule has 0 saturated carbocycles. The van der Waals surface area contributed by atoms with E-state index in [2.05, 4.69) is 20.9 Å². The summed E-state index contributed by atoms with van der Waals surface area (Å²) < 4.78 is 6.03. The van der Waals surface area contributed by atoms with Gasteiger partial charge in [0, 0.05) is 43.0 Å². The van der Waals surface area contributed by atoms with Gasteiger partial charge in [0.2, 0.25) is 0 Å². The van der Waals surface area contributed by atoms with E-state index in [9.17, 15) is 4.79 Å². The van der Waals surface area contributed by atoms with E-state index >= 15 is 0 Å². The Bertz CT molecular complexity index is 920. The third kappa shape index (κ3) is 3.85. The molecule has 0 spiro atoms. The molecule has 3 aliphatic rings. The Morgan fingerprint density at radius 2 is 1.97 bits per heavy atom. The summed E-state index contributed by atoms with van der Waals surface area (Å²) in [6.07, 6.45) is 3.87. The number of carbonyl (C=O) groups excluding carboxylic acids is 1. The second-order valence-electron chi connectivity index (χ2n) is 8.15. The van der Waals surface area contributed by atoms with E-state index in [0.717, 1.165) is 74.0 Å². The molecule has 8 heteroatoms. The largest absolute Gasteiger partial charge is 0.371 e. The standard InChI is InChI=1S/C22H28N6O2/c1-2-24-22(29)25-15-5-3-14(4-6-15)20-26-19-11-23-10-9-18(19)21(27-20)28-12-16-7-8-17(13-28)30-16/h3-6,16-17,23H,2,7-13H2,1H3,(H2,24,25,29). The molecule has 158 valence electrons. The number of anilines is 2. The van der Waals surface area contributed by atoms with Gasteiger partial charge in [0.25, 0.3) is 0 Å². The van der Waals surface area contributed by atoms with Crippen LogP contribution in [0.1, 0.15) is 31.0 Å². The maximum absolute atomic E-state index is 11.7. The Labute approximate surface area is 176 Å². The summed E-state index contributed by atoms with van der Waals surface area (Å²) >= 11 is 0. The number of nitrogens with zero attached hydrogens (tertiary/aromatic N) is 3. The molecule has 2 unspecified atom stereocenters. The smallest absolute Gasteiger partial charge is 0.319 e. The van der Waals surface area contributed by atoms with Gasteiger partial charge in [-0.05, 0) is 57.0 Å². The Hall–Kier alpha value is -2.71. The van der Waals surface area contributed by atoms with Crippen molar-refractivity contribution in [2.45, 2.75) is 44.9 Å².